The number of carbonyl (C=O) groups excluding carboxylic acids is 1. The Balaban J connectivity index is 0. The van der Waals surface area contributed by atoms with Crippen molar-refractivity contribution in [3.8, 4) is 0 Å². The second-order valence-electron chi connectivity index (χ2n) is 9.48. The molecule has 31 heavy (non-hydrogen) atoms. The van der Waals surface area contributed by atoms with Crippen molar-refractivity contribution in [3.63, 3.8) is 0 Å². The predicted octanol–water partition coefficient (Wildman–Crippen LogP) is 9.28. The molecule has 0 amide bonds. The van der Waals surface area contributed by atoms with Crippen LogP contribution in [-0.2, 0) is 29.7 Å². The molecule has 0 unspecified atom stereocenters. The number of hydrogen-bond acceptors (Lipinski definition) is 2. The van der Waals surface area contributed by atoms with E-state index < -0.39 is 14.8 Å². The first-order valence-corrected chi connectivity index (χ1v) is 18.2. The minimum Gasteiger partial charge on any atom is -0.309 e. The molecule has 0 aliphatic rings. The number of hydrogen-bond donors (Lipinski definition) is 0. The van der Waals surface area contributed by atoms with E-state index in [1.54, 1.807) is 0 Å². The quantitative estimate of drug-likeness (QED) is 0.102. The van der Waals surface area contributed by atoms with Crippen LogP contribution in [0.2, 0.25) is 0 Å². The molecule has 2 nitrogen and oxygen atoms in total. The van der Waals surface area contributed by atoms with Crippen LogP contribution in [0, 0.1) is 0 Å². The van der Waals surface area contributed by atoms with Gasteiger partial charge in [0.05, 0.1) is 37.0 Å². The van der Waals surface area contributed by atoms with Crippen molar-refractivity contribution in [2.75, 3.05) is 43.1 Å². The maximum atomic E-state index is 13.5. The molecule has 0 spiro atoms. The normalized spacial score (nSPS) is 11.9. The molecule has 0 aromatic heterocycles. The van der Waals surface area contributed by atoms with Crippen molar-refractivity contribution < 1.29 is 29.7 Å². The Bertz CT molecular complexity index is 339. The van der Waals surface area contributed by atoms with Crippen molar-refractivity contribution >= 4 is 20.7 Å². The van der Waals surface area contributed by atoms with Gasteiger partial charge < -0.3 is 4.52 Å². The molecule has 0 saturated carbocycles. The van der Waals surface area contributed by atoms with Gasteiger partial charge in [-0.25, -0.2) is 4.79 Å². The Morgan fingerprint density at radius 1 is 0.548 bits per heavy atom. The molecule has 0 N–H and O–H groups in total. The van der Waals surface area contributed by atoms with E-state index in [0.29, 0.717) is 0 Å². The predicted molar refractivity (Wildman–Crippen MR) is 143 cm³/mol. The van der Waals surface area contributed by atoms with Crippen molar-refractivity contribution in [2.24, 2.45) is 0 Å². The van der Waals surface area contributed by atoms with E-state index in [1.807, 2.05) is 0 Å². The Kier molecular flexibility index (Phi) is 23.7. The number of unbranched alkanes of at least 4 members (excludes halogenated alkanes) is 6. The zero-order valence-electron chi connectivity index (χ0n) is 22.0. The van der Waals surface area contributed by atoms with Gasteiger partial charge in [0.15, 0.2) is 13.7 Å². The monoisotopic (exact) mass is 568 g/mol. The van der Waals surface area contributed by atoms with Gasteiger partial charge in [0.2, 0.25) is 0 Å². The van der Waals surface area contributed by atoms with Gasteiger partial charge in [-0.3, -0.25) is 0 Å². The first kappa shape index (κ1) is 34.2. The summed E-state index contributed by atoms with van der Waals surface area (Å²) < 4.78 is 6.64. The van der Waals surface area contributed by atoms with Crippen LogP contribution >= 0.6 is 14.8 Å². The molecule has 0 aliphatic heterocycles. The molecule has 0 aromatic carbocycles. The smallest absolute Gasteiger partial charge is 0.309 e. The molecule has 0 fully saturated rings. The summed E-state index contributed by atoms with van der Waals surface area (Å²) in [5.41, 5.74) is 0. The summed E-state index contributed by atoms with van der Waals surface area (Å²) >= 11 is 0. The molecule has 0 heterocycles. The van der Waals surface area contributed by atoms with Gasteiger partial charge in [-0.05, 0) is 38.5 Å². The summed E-state index contributed by atoms with van der Waals surface area (Å²) in [5, 5.41) is 0. The SMILES string of the molecule is CCCC[P+](CCCC)(CCCC)CC(=O)O[P+](CCCC)(CCCC)CCCC.[Pd]. The Labute approximate surface area is 211 Å². The van der Waals surface area contributed by atoms with Crippen LogP contribution in [0.15, 0.2) is 0 Å². The molecule has 5 heteroatoms. The molecule has 0 aliphatic carbocycles. The van der Waals surface area contributed by atoms with Crippen molar-refractivity contribution in [2.45, 2.75) is 119 Å². The largest absolute Gasteiger partial charge is 0.386 e. The van der Waals surface area contributed by atoms with Crippen LogP contribution in [0.3, 0.4) is 0 Å². The van der Waals surface area contributed by atoms with Gasteiger partial charge in [0.25, 0.3) is 0 Å². The molecule has 0 aromatic rings. The van der Waals surface area contributed by atoms with Crippen molar-refractivity contribution in [3.05, 3.63) is 0 Å². The van der Waals surface area contributed by atoms with Gasteiger partial charge in [0.1, 0.15) is 0 Å². The molecule has 0 atom stereocenters. The van der Waals surface area contributed by atoms with Gasteiger partial charge in [-0.15, -0.1) is 0 Å². The van der Waals surface area contributed by atoms with Gasteiger partial charge >= 0.3 is 5.97 Å². The van der Waals surface area contributed by atoms with Crippen LogP contribution in [0.4, 0.5) is 0 Å². The first-order valence-electron chi connectivity index (χ1n) is 13.4. The van der Waals surface area contributed by atoms with E-state index in [1.165, 1.54) is 114 Å². The van der Waals surface area contributed by atoms with Gasteiger partial charge in [-0.2, -0.15) is 0 Å². The third-order valence-electron chi connectivity index (χ3n) is 6.48. The minimum atomic E-state index is -1.60. The summed E-state index contributed by atoms with van der Waals surface area (Å²) in [6.45, 7) is 13.7. The first-order chi connectivity index (χ1) is 14.5. The number of carbonyl (C=O) groups is 1. The Morgan fingerprint density at radius 2 is 0.839 bits per heavy atom. The Morgan fingerprint density at radius 3 is 1.13 bits per heavy atom. The van der Waals surface area contributed by atoms with Crippen LogP contribution in [-0.4, -0.2) is 49.1 Å². The van der Waals surface area contributed by atoms with E-state index in [-0.39, 0.29) is 26.4 Å². The van der Waals surface area contributed by atoms with E-state index in [2.05, 4.69) is 41.5 Å². The fourth-order valence-electron chi connectivity index (χ4n) is 4.38. The summed E-state index contributed by atoms with van der Waals surface area (Å²) in [4.78, 5) is 13.5. The van der Waals surface area contributed by atoms with Gasteiger partial charge in [-0.1, -0.05) is 80.1 Å². The second kappa shape index (κ2) is 21.5. The zero-order chi connectivity index (χ0) is 22.7. The molecule has 0 radical (unpaired) electrons. The molecular weight excluding hydrogens is 513 g/mol. The maximum absolute atomic E-state index is 13.5. The van der Waals surface area contributed by atoms with Crippen molar-refractivity contribution in [1.29, 1.82) is 0 Å². The van der Waals surface area contributed by atoms with Crippen LogP contribution in [0.25, 0.3) is 0 Å². The minimum absolute atomic E-state index is 0. The third kappa shape index (κ3) is 15.5. The van der Waals surface area contributed by atoms with E-state index in [9.17, 15) is 4.79 Å². The fraction of sp³-hybridized carbons (Fsp3) is 0.962. The average Bonchev–Trinajstić information content (AvgIpc) is 2.75. The fourth-order valence-corrected chi connectivity index (χ4v) is 13.3. The second-order valence-corrected chi connectivity index (χ2v) is 17.5. The Hall–Kier alpha value is 0.992. The van der Waals surface area contributed by atoms with E-state index in [0.717, 1.165) is 6.16 Å². The summed E-state index contributed by atoms with van der Waals surface area (Å²) in [6.07, 6.45) is 23.1. The van der Waals surface area contributed by atoms with Crippen LogP contribution < -0.4 is 0 Å². The van der Waals surface area contributed by atoms with Crippen LogP contribution in [0.1, 0.15) is 119 Å². The van der Waals surface area contributed by atoms with Gasteiger partial charge in [0, 0.05) is 27.7 Å². The molecule has 0 rings (SSSR count). The zero-order valence-corrected chi connectivity index (χ0v) is 25.3. The van der Waals surface area contributed by atoms with Crippen molar-refractivity contribution in [1.82, 2.24) is 0 Å². The maximum Gasteiger partial charge on any atom is 0.386 e. The summed E-state index contributed by atoms with van der Waals surface area (Å²) in [6, 6.07) is 0. The summed E-state index contributed by atoms with van der Waals surface area (Å²) in [7, 11) is -2.82. The topological polar surface area (TPSA) is 26.3 Å². The molecule has 0 saturated heterocycles. The molecular formula is C26H56O2P2Pd+2. The molecule has 0 bridgehead atoms. The standard InChI is InChI=1S/C26H56O2P2.Pd/c1-7-13-19-29(20-14-8-2,21-15-9-3)25-26(27)28-30(22-16-10-4,23-17-11-5)24-18-12-6;/h7-25H2,1-6H3;/q+2;. The van der Waals surface area contributed by atoms with E-state index in [4.69, 9.17) is 4.52 Å². The third-order valence-corrected chi connectivity index (χ3v) is 15.2. The summed E-state index contributed by atoms with van der Waals surface area (Å²) in [5.74, 6) is 0.197. The van der Waals surface area contributed by atoms with E-state index >= 15 is 0 Å². The number of rotatable bonds is 21. The van der Waals surface area contributed by atoms with Crippen LogP contribution in [0.5, 0.6) is 0 Å². The average molecular weight is 569 g/mol. The molecule has 190 valence electrons.